The smallest absolute Gasteiger partial charge is 0.339 e. The SMILES string of the molecule is CC(=O)N1CCCc2cc(S(=O)(=O)Oc3ccccc3F)ccc21. The summed E-state index contributed by atoms with van der Waals surface area (Å²) >= 11 is 0. The van der Waals surface area contributed by atoms with Gasteiger partial charge in [0.2, 0.25) is 5.91 Å². The molecule has 2 aromatic rings. The monoisotopic (exact) mass is 349 g/mol. The van der Waals surface area contributed by atoms with Crippen LogP contribution in [0.15, 0.2) is 47.4 Å². The zero-order chi connectivity index (χ0) is 17.3. The van der Waals surface area contributed by atoms with Gasteiger partial charge in [-0.25, -0.2) is 4.39 Å². The summed E-state index contributed by atoms with van der Waals surface area (Å²) in [5.74, 6) is -1.18. The molecular formula is C17H16FNO4S. The fourth-order valence-electron chi connectivity index (χ4n) is 2.73. The molecule has 5 nitrogen and oxygen atoms in total. The van der Waals surface area contributed by atoms with Crippen molar-refractivity contribution in [2.45, 2.75) is 24.7 Å². The molecule has 1 heterocycles. The highest BCUT2D eigenvalue weighted by atomic mass is 32.2. The molecule has 0 spiro atoms. The Morgan fingerprint density at radius 2 is 1.96 bits per heavy atom. The first-order chi connectivity index (χ1) is 11.4. The van der Waals surface area contributed by atoms with E-state index in [-0.39, 0.29) is 16.6 Å². The lowest BCUT2D eigenvalue weighted by molar-refractivity contribution is -0.116. The Hall–Kier alpha value is -2.41. The number of carbonyl (C=O) groups is 1. The van der Waals surface area contributed by atoms with Gasteiger partial charge in [0, 0.05) is 19.2 Å². The van der Waals surface area contributed by atoms with Crippen LogP contribution in [0.2, 0.25) is 0 Å². The molecule has 0 bridgehead atoms. The summed E-state index contributed by atoms with van der Waals surface area (Å²) in [4.78, 5) is 13.2. The average molecular weight is 349 g/mol. The van der Waals surface area contributed by atoms with Crippen molar-refractivity contribution in [3.05, 3.63) is 53.8 Å². The molecule has 0 aliphatic carbocycles. The molecule has 0 atom stereocenters. The van der Waals surface area contributed by atoms with E-state index < -0.39 is 15.9 Å². The van der Waals surface area contributed by atoms with Crippen LogP contribution >= 0.6 is 0 Å². The van der Waals surface area contributed by atoms with Crippen molar-refractivity contribution >= 4 is 21.7 Å². The van der Waals surface area contributed by atoms with Crippen molar-refractivity contribution in [1.82, 2.24) is 0 Å². The van der Waals surface area contributed by atoms with Gasteiger partial charge in [0.15, 0.2) is 11.6 Å². The van der Waals surface area contributed by atoms with E-state index in [0.717, 1.165) is 18.1 Å². The highest BCUT2D eigenvalue weighted by Crippen LogP contribution is 2.30. The van der Waals surface area contributed by atoms with E-state index in [1.807, 2.05) is 0 Å². The number of amides is 1. The van der Waals surface area contributed by atoms with Gasteiger partial charge >= 0.3 is 10.1 Å². The molecule has 1 amide bonds. The van der Waals surface area contributed by atoms with Gasteiger partial charge in [-0.1, -0.05) is 12.1 Å². The van der Waals surface area contributed by atoms with Gasteiger partial charge < -0.3 is 9.08 Å². The van der Waals surface area contributed by atoms with Crippen molar-refractivity contribution in [3.8, 4) is 5.75 Å². The number of benzene rings is 2. The molecule has 126 valence electrons. The van der Waals surface area contributed by atoms with Crippen molar-refractivity contribution in [1.29, 1.82) is 0 Å². The quantitative estimate of drug-likeness (QED) is 0.800. The molecule has 0 unspecified atom stereocenters. The van der Waals surface area contributed by atoms with Crippen LogP contribution in [0.3, 0.4) is 0 Å². The summed E-state index contributed by atoms with van der Waals surface area (Å²) in [6.45, 7) is 2.08. The molecular weight excluding hydrogens is 333 g/mol. The summed E-state index contributed by atoms with van der Waals surface area (Å²) in [6, 6.07) is 9.77. The van der Waals surface area contributed by atoms with Crippen LogP contribution < -0.4 is 9.08 Å². The topological polar surface area (TPSA) is 63.7 Å². The van der Waals surface area contributed by atoms with E-state index in [1.165, 1.54) is 37.3 Å². The number of halogens is 1. The van der Waals surface area contributed by atoms with E-state index in [1.54, 1.807) is 11.0 Å². The zero-order valence-electron chi connectivity index (χ0n) is 13.0. The first kappa shape index (κ1) is 16.4. The van der Waals surface area contributed by atoms with Crippen LogP contribution in [0, 0.1) is 5.82 Å². The Balaban J connectivity index is 1.95. The number of nitrogens with zero attached hydrogens (tertiary/aromatic N) is 1. The molecule has 24 heavy (non-hydrogen) atoms. The van der Waals surface area contributed by atoms with Gasteiger partial charge in [-0.3, -0.25) is 4.79 Å². The van der Waals surface area contributed by atoms with Crippen LogP contribution in [-0.2, 0) is 21.3 Å². The maximum atomic E-state index is 13.6. The van der Waals surface area contributed by atoms with Gasteiger partial charge in [-0.05, 0) is 48.7 Å². The number of fused-ring (bicyclic) bond motifs is 1. The number of hydrogen-bond donors (Lipinski definition) is 0. The predicted molar refractivity (Wildman–Crippen MR) is 87.0 cm³/mol. The van der Waals surface area contributed by atoms with Gasteiger partial charge in [0.25, 0.3) is 0 Å². The Morgan fingerprint density at radius 1 is 1.21 bits per heavy atom. The summed E-state index contributed by atoms with van der Waals surface area (Å²) < 4.78 is 43.3. The highest BCUT2D eigenvalue weighted by Gasteiger charge is 2.24. The third kappa shape index (κ3) is 3.12. The second-order valence-corrected chi connectivity index (χ2v) is 7.08. The predicted octanol–water partition coefficient (Wildman–Crippen LogP) is 2.89. The molecule has 0 fully saturated rings. The molecule has 0 aromatic heterocycles. The standard InChI is InChI=1S/C17H16FNO4S/c1-12(20)19-10-4-5-13-11-14(8-9-16(13)19)24(21,22)23-17-7-3-2-6-15(17)18/h2-3,6-9,11H,4-5,10H2,1H3. The van der Waals surface area contributed by atoms with Crippen LogP contribution in [0.5, 0.6) is 5.75 Å². The van der Waals surface area contributed by atoms with Gasteiger partial charge in [0.1, 0.15) is 4.90 Å². The summed E-state index contributed by atoms with van der Waals surface area (Å²) in [5.41, 5.74) is 1.47. The fourth-order valence-corrected chi connectivity index (χ4v) is 3.72. The minimum Gasteiger partial charge on any atom is -0.376 e. The van der Waals surface area contributed by atoms with E-state index in [9.17, 15) is 17.6 Å². The molecule has 0 saturated carbocycles. The van der Waals surface area contributed by atoms with E-state index in [4.69, 9.17) is 4.18 Å². The largest absolute Gasteiger partial charge is 0.376 e. The first-order valence-corrected chi connectivity index (χ1v) is 8.89. The van der Waals surface area contributed by atoms with Crippen molar-refractivity contribution in [2.75, 3.05) is 11.4 Å². The maximum absolute atomic E-state index is 13.6. The number of para-hydroxylation sites is 1. The summed E-state index contributed by atoms with van der Waals surface area (Å²) in [5, 5.41) is 0. The Kier molecular flexibility index (Phi) is 4.28. The number of anilines is 1. The van der Waals surface area contributed by atoms with Crippen LogP contribution in [-0.4, -0.2) is 20.9 Å². The maximum Gasteiger partial charge on any atom is 0.339 e. The van der Waals surface area contributed by atoms with Gasteiger partial charge in [0.05, 0.1) is 0 Å². The van der Waals surface area contributed by atoms with Gasteiger partial charge in [-0.2, -0.15) is 8.42 Å². The Morgan fingerprint density at radius 3 is 2.67 bits per heavy atom. The normalized spacial score (nSPS) is 14.2. The molecule has 0 N–H and O–H groups in total. The molecule has 3 rings (SSSR count). The van der Waals surface area contributed by atoms with Crippen molar-refractivity contribution in [2.24, 2.45) is 0 Å². The van der Waals surface area contributed by atoms with Gasteiger partial charge in [-0.15, -0.1) is 0 Å². The third-order valence-corrected chi connectivity index (χ3v) is 5.10. The second kappa shape index (κ2) is 6.24. The number of carbonyl (C=O) groups excluding carboxylic acids is 1. The average Bonchev–Trinajstić information content (AvgIpc) is 2.55. The molecule has 2 aromatic carbocycles. The Bertz CT molecular complexity index is 895. The highest BCUT2D eigenvalue weighted by molar-refractivity contribution is 7.87. The lowest BCUT2D eigenvalue weighted by Gasteiger charge is -2.28. The third-order valence-electron chi connectivity index (χ3n) is 3.87. The van der Waals surface area contributed by atoms with Crippen LogP contribution in [0.25, 0.3) is 0 Å². The minimum atomic E-state index is -4.15. The molecule has 0 radical (unpaired) electrons. The first-order valence-electron chi connectivity index (χ1n) is 7.48. The lowest BCUT2D eigenvalue weighted by atomic mass is 10.0. The molecule has 1 aliphatic rings. The van der Waals surface area contributed by atoms with Crippen molar-refractivity contribution < 1.29 is 21.8 Å². The summed E-state index contributed by atoms with van der Waals surface area (Å²) in [6.07, 6.45) is 1.42. The number of aryl methyl sites for hydroxylation is 1. The molecule has 7 heteroatoms. The lowest BCUT2D eigenvalue weighted by Crippen LogP contribution is -2.33. The summed E-state index contributed by atoms with van der Waals surface area (Å²) in [7, 11) is -4.15. The minimum absolute atomic E-state index is 0.0603. The molecule has 1 aliphatic heterocycles. The van der Waals surface area contributed by atoms with E-state index in [0.29, 0.717) is 18.7 Å². The van der Waals surface area contributed by atoms with E-state index >= 15 is 0 Å². The fraction of sp³-hybridized carbons (Fsp3) is 0.235. The number of hydrogen-bond acceptors (Lipinski definition) is 4. The second-order valence-electron chi connectivity index (χ2n) is 5.53. The van der Waals surface area contributed by atoms with Crippen LogP contribution in [0.4, 0.5) is 10.1 Å². The zero-order valence-corrected chi connectivity index (χ0v) is 13.8. The number of rotatable bonds is 3. The van der Waals surface area contributed by atoms with E-state index in [2.05, 4.69) is 0 Å². The Labute approximate surface area is 139 Å². The molecule has 0 saturated heterocycles. The van der Waals surface area contributed by atoms with Crippen LogP contribution in [0.1, 0.15) is 18.9 Å². The van der Waals surface area contributed by atoms with Crippen molar-refractivity contribution in [3.63, 3.8) is 0 Å².